The average molecular weight is 590 g/mol. The first kappa shape index (κ1) is 30.4. The van der Waals surface area contributed by atoms with Crippen LogP contribution in [-0.2, 0) is 33.5 Å². The predicted octanol–water partition coefficient (Wildman–Crippen LogP) is 1.68. The topological polar surface area (TPSA) is 165 Å². The van der Waals surface area contributed by atoms with Crippen molar-refractivity contribution in [3.63, 3.8) is 0 Å². The predicted molar refractivity (Wildman–Crippen MR) is 132 cm³/mol. The van der Waals surface area contributed by atoms with E-state index in [1.54, 1.807) is 0 Å². The maximum Gasteiger partial charge on any atom is 0.417 e. The van der Waals surface area contributed by atoms with Gasteiger partial charge in [-0.15, -0.1) is 0 Å². The van der Waals surface area contributed by atoms with Crippen LogP contribution < -0.4 is 5.73 Å². The van der Waals surface area contributed by atoms with Crippen molar-refractivity contribution < 1.29 is 56.8 Å². The van der Waals surface area contributed by atoms with Gasteiger partial charge in [0.05, 0.1) is 23.7 Å². The second kappa shape index (κ2) is 10.1. The number of phenolic OH excluding ortho intramolecular Hbond substituents is 1. The molecule has 224 valence electrons. The molecule has 0 saturated heterocycles. The van der Waals surface area contributed by atoms with E-state index in [2.05, 4.69) is 0 Å². The number of halogens is 5. The summed E-state index contributed by atoms with van der Waals surface area (Å²) in [5, 5.41) is 44.2. The molecule has 0 heterocycles. The third-order valence-electron chi connectivity index (χ3n) is 7.98. The molecule has 0 aliphatic heterocycles. The van der Waals surface area contributed by atoms with Crippen molar-refractivity contribution in [2.24, 2.45) is 17.6 Å². The fourth-order valence-corrected chi connectivity index (χ4v) is 6.45. The number of carbonyl (C=O) groups is 3. The Balaban J connectivity index is 1.96. The Morgan fingerprint density at radius 2 is 1.78 bits per heavy atom. The monoisotopic (exact) mass is 589 g/mol. The molecule has 1 aromatic rings. The lowest BCUT2D eigenvalue weighted by molar-refractivity contribution is -0.153. The van der Waals surface area contributed by atoms with Gasteiger partial charge in [0.2, 0.25) is 5.78 Å². The molecular weight excluding hydrogens is 561 g/mol. The second-order valence-electron chi connectivity index (χ2n) is 10.8. The Morgan fingerprint density at radius 1 is 1.17 bits per heavy atom. The van der Waals surface area contributed by atoms with Crippen LogP contribution in [0.15, 0.2) is 23.0 Å². The third kappa shape index (κ3) is 4.65. The van der Waals surface area contributed by atoms with Crippen LogP contribution in [0.3, 0.4) is 0 Å². The number of aromatic hydroxyl groups is 1. The van der Waals surface area contributed by atoms with E-state index in [1.165, 1.54) is 26.0 Å². The molecule has 0 aromatic heterocycles. The molecular formula is C26H28F5N3O7. The average Bonchev–Trinajstić information content (AvgIpc) is 2.79. The summed E-state index contributed by atoms with van der Waals surface area (Å²) in [6.07, 6.45) is -8.91. The van der Waals surface area contributed by atoms with Gasteiger partial charge in [0.25, 0.3) is 12.3 Å². The minimum absolute atomic E-state index is 0.403. The SMILES string of the molecule is CN(Cc1cc(O)c2c(c1C(F)(F)F)C[C@H]1C[C@H]3[C@H](N(C)C)C(=O)C(C(N)=O)=C(O)[C@@]3(O)C(=O)C1=C2O)CC(F)F. The molecule has 4 rings (SSSR count). The van der Waals surface area contributed by atoms with Gasteiger partial charge in [0, 0.05) is 18.0 Å². The molecule has 6 N–H and O–H groups in total. The van der Waals surface area contributed by atoms with Crippen LogP contribution in [0.5, 0.6) is 5.75 Å². The summed E-state index contributed by atoms with van der Waals surface area (Å²) in [6, 6.07) is -0.743. The summed E-state index contributed by atoms with van der Waals surface area (Å²) in [6.45, 7) is -1.48. The number of primary amides is 1. The summed E-state index contributed by atoms with van der Waals surface area (Å²) in [4.78, 5) is 41.1. The van der Waals surface area contributed by atoms with Crippen molar-refractivity contribution in [2.45, 2.75) is 43.6 Å². The first-order chi connectivity index (χ1) is 18.8. The summed E-state index contributed by atoms with van der Waals surface area (Å²) in [5.74, 6) is -9.79. The number of amides is 1. The number of hydrogen-bond donors (Lipinski definition) is 5. The molecule has 41 heavy (non-hydrogen) atoms. The number of carbonyl (C=O) groups excluding carboxylic acids is 3. The number of likely N-dealkylation sites (N-methyl/N-ethyl adjacent to an activating group) is 1. The van der Waals surface area contributed by atoms with Crippen molar-refractivity contribution in [2.75, 3.05) is 27.7 Å². The number of hydrogen-bond acceptors (Lipinski definition) is 9. The van der Waals surface area contributed by atoms with Crippen molar-refractivity contribution in [1.82, 2.24) is 9.80 Å². The molecule has 1 aromatic carbocycles. The molecule has 3 aliphatic carbocycles. The van der Waals surface area contributed by atoms with E-state index in [0.29, 0.717) is 6.07 Å². The summed E-state index contributed by atoms with van der Waals surface area (Å²) < 4.78 is 69.0. The Bertz CT molecular complexity index is 1400. The quantitative estimate of drug-likeness (QED) is 0.245. The van der Waals surface area contributed by atoms with E-state index in [0.717, 1.165) is 4.90 Å². The first-order valence-corrected chi connectivity index (χ1v) is 12.4. The highest BCUT2D eigenvalue weighted by Crippen LogP contribution is 2.54. The number of ketones is 2. The number of aliphatic hydroxyl groups is 3. The highest BCUT2D eigenvalue weighted by Gasteiger charge is 2.64. The number of aliphatic hydroxyl groups excluding tert-OH is 2. The number of fused-ring (bicyclic) bond motifs is 3. The number of Topliss-reactive ketones (excluding diaryl/α,β-unsaturated/α-hetero) is 2. The zero-order chi connectivity index (χ0) is 30.9. The van der Waals surface area contributed by atoms with Crippen LogP contribution >= 0.6 is 0 Å². The molecule has 0 spiro atoms. The van der Waals surface area contributed by atoms with Gasteiger partial charge >= 0.3 is 6.18 Å². The molecule has 15 heteroatoms. The van der Waals surface area contributed by atoms with Gasteiger partial charge in [0.1, 0.15) is 22.8 Å². The summed E-state index contributed by atoms with van der Waals surface area (Å²) in [5.41, 5.74) is -2.49. The normalized spacial score (nSPS) is 26.6. The molecule has 1 saturated carbocycles. The van der Waals surface area contributed by atoms with E-state index in [1.807, 2.05) is 0 Å². The fourth-order valence-electron chi connectivity index (χ4n) is 6.45. The minimum atomic E-state index is -5.07. The van der Waals surface area contributed by atoms with Gasteiger partial charge in [-0.3, -0.25) is 24.2 Å². The van der Waals surface area contributed by atoms with E-state index in [4.69, 9.17) is 5.73 Å². The van der Waals surface area contributed by atoms with Gasteiger partial charge in [-0.2, -0.15) is 13.2 Å². The zero-order valence-corrected chi connectivity index (χ0v) is 22.1. The van der Waals surface area contributed by atoms with E-state index >= 15 is 0 Å². The number of nitrogens with two attached hydrogens (primary N) is 1. The van der Waals surface area contributed by atoms with Crippen LogP contribution in [0.1, 0.15) is 28.7 Å². The first-order valence-electron chi connectivity index (χ1n) is 12.4. The van der Waals surface area contributed by atoms with Gasteiger partial charge in [-0.05, 0) is 57.1 Å². The smallest absolute Gasteiger partial charge is 0.417 e. The van der Waals surface area contributed by atoms with Gasteiger partial charge < -0.3 is 26.2 Å². The van der Waals surface area contributed by atoms with Crippen LogP contribution in [-0.4, -0.2) is 93.5 Å². The van der Waals surface area contributed by atoms with Crippen molar-refractivity contribution in [3.8, 4) is 5.75 Å². The molecule has 0 bridgehead atoms. The van der Waals surface area contributed by atoms with Crippen LogP contribution in [0.2, 0.25) is 0 Å². The number of nitrogens with zero attached hydrogens (tertiary/aromatic N) is 2. The number of alkyl halides is 5. The van der Waals surface area contributed by atoms with Gasteiger partial charge in [-0.25, -0.2) is 8.78 Å². The van der Waals surface area contributed by atoms with E-state index in [-0.39, 0.29) is 0 Å². The molecule has 3 aliphatic rings. The number of phenols is 1. The van der Waals surface area contributed by atoms with Crippen molar-refractivity contribution in [1.29, 1.82) is 0 Å². The number of rotatable bonds is 6. The zero-order valence-electron chi connectivity index (χ0n) is 22.1. The minimum Gasteiger partial charge on any atom is -0.508 e. The Labute approximate surface area is 230 Å². The Kier molecular flexibility index (Phi) is 7.46. The third-order valence-corrected chi connectivity index (χ3v) is 7.98. The summed E-state index contributed by atoms with van der Waals surface area (Å²) >= 11 is 0. The number of benzene rings is 1. The highest BCUT2D eigenvalue weighted by molar-refractivity contribution is 6.24. The van der Waals surface area contributed by atoms with Crippen molar-refractivity contribution in [3.05, 3.63) is 45.2 Å². The Morgan fingerprint density at radius 3 is 2.29 bits per heavy atom. The maximum absolute atomic E-state index is 14.4. The van der Waals surface area contributed by atoms with Gasteiger partial charge in [0.15, 0.2) is 11.4 Å². The standard InChI is InChI=1S/C26H28F5N3O7/c1-33(2)19-12-5-9-4-11-16(13(35)6-10(18(11)26(29,30)31)7-34(3)8-14(27)28)20(36)15(9)22(38)25(12,41)23(39)17(21(19)37)24(32)40/h6,9,12,14,19,35-36,39,41H,4-5,7-8H2,1-3H3,(H2,32,40)/t9-,12-,19-,25-/m0/s1. The molecule has 4 atom stereocenters. The summed E-state index contributed by atoms with van der Waals surface area (Å²) in [7, 11) is 3.94. The van der Waals surface area contributed by atoms with E-state index < -0.39 is 130 Å². The second-order valence-corrected chi connectivity index (χ2v) is 10.8. The van der Waals surface area contributed by atoms with Crippen molar-refractivity contribution >= 4 is 23.2 Å². The fraction of sp³-hybridized carbons (Fsp3) is 0.500. The van der Waals surface area contributed by atoms with Gasteiger partial charge in [-0.1, -0.05) is 0 Å². The lowest BCUT2D eigenvalue weighted by Crippen LogP contribution is -2.65. The Hall–Kier alpha value is -3.56. The van der Waals surface area contributed by atoms with Crippen LogP contribution in [0, 0.1) is 11.8 Å². The molecule has 1 fully saturated rings. The van der Waals surface area contributed by atoms with Crippen LogP contribution in [0.4, 0.5) is 22.0 Å². The highest BCUT2D eigenvalue weighted by atomic mass is 19.4. The van der Waals surface area contributed by atoms with Crippen LogP contribution in [0.25, 0.3) is 5.76 Å². The lowest BCUT2D eigenvalue weighted by Gasteiger charge is -2.50. The maximum atomic E-state index is 14.4. The molecule has 0 radical (unpaired) electrons. The molecule has 10 nitrogen and oxygen atoms in total. The molecule has 0 unspecified atom stereocenters. The molecule has 1 amide bonds. The largest absolute Gasteiger partial charge is 0.508 e. The van der Waals surface area contributed by atoms with E-state index in [9.17, 15) is 56.8 Å². The lowest BCUT2D eigenvalue weighted by atomic mass is 9.57.